The fourth-order valence-electron chi connectivity index (χ4n) is 3.48. The minimum Gasteiger partial charge on any atom is -0.465 e. The van der Waals surface area contributed by atoms with Gasteiger partial charge in [0.2, 0.25) is 0 Å². The molecule has 0 aliphatic carbocycles. The lowest BCUT2D eigenvalue weighted by molar-refractivity contribution is 0.0953. The smallest absolute Gasteiger partial charge is 0.411 e. The van der Waals surface area contributed by atoms with E-state index in [0.717, 1.165) is 10.6 Å². The van der Waals surface area contributed by atoms with E-state index in [0.29, 0.717) is 24.2 Å². The summed E-state index contributed by atoms with van der Waals surface area (Å²) in [5, 5.41) is 12.3. The van der Waals surface area contributed by atoms with Crippen molar-refractivity contribution in [2.24, 2.45) is 0 Å². The maximum atomic E-state index is 12.9. The zero-order valence-corrected chi connectivity index (χ0v) is 22.0. The molecule has 0 saturated heterocycles. The first-order valence-corrected chi connectivity index (χ1v) is 13.2. The highest BCUT2D eigenvalue weighted by Crippen LogP contribution is 2.25. The number of thioether (sulfide) groups is 1. The molecule has 38 heavy (non-hydrogen) atoms. The Bertz CT molecular complexity index is 1270. The molecule has 0 bridgehead atoms. The van der Waals surface area contributed by atoms with Crippen molar-refractivity contribution in [1.29, 1.82) is 0 Å². The van der Waals surface area contributed by atoms with E-state index in [4.69, 9.17) is 0 Å². The van der Waals surface area contributed by atoms with Crippen molar-refractivity contribution in [3.05, 3.63) is 132 Å². The van der Waals surface area contributed by atoms with Gasteiger partial charge in [0.1, 0.15) is 5.82 Å². The predicted octanol–water partition coefficient (Wildman–Crippen LogP) is 7.42. The second-order valence-corrected chi connectivity index (χ2v) is 9.52. The highest BCUT2D eigenvalue weighted by Gasteiger charge is 2.14. The number of anilines is 1. The molecular formula is C31H31FN2O3S. The monoisotopic (exact) mass is 530 g/mol. The molecule has 196 valence electrons. The Morgan fingerprint density at radius 2 is 1.45 bits per heavy atom. The minimum atomic E-state index is -1.05. The van der Waals surface area contributed by atoms with Crippen LogP contribution >= 0.6 is 11.8 Å². The van der Waals surface area contributed by atoms with Gasteiger partial charge in [-0.3, -0.25) is 9.69 Å². The molecule has 0 fully saturated rings. The number of halogens is 1. The SMILES string of the molecule is Cc1ccccc1.O=C(NCCCN(C(=O)O)c1ccc(SCc2ccccc2)cc1)c1ccc(F)cc1. The van der Waals surface area contributed by atoms with Crippen LogP contribution in [0.5, 0.6) is 0 Å². The van der Waals surface area contributed by atoms with E-state index in [1.807, 2.05) is 48.5 Å². The molecule has 5 nitrogen and oxygen atoms in total. The second kappa shape index (κ2) is 15.2. The number of carbonyl (C=O) groups excluding carboxylic acids is 1. The molecule has 0 spiro atoms. The maximum absolute atomic E-state index is 12.9. The standard InChI is InChI=1S/C24H23FN2O3S.C7H8/c25-20-9-7-19(8-10-20)23(28)26-15-4-16-27(24(29)30)21-11-13-22(14-12-21)31-17-18-5-2-1-3-6-18;1-7-5-3-2-4-6-7/h1-3,5-14H,4,15-17H2,(H,26,28)(H,29,30);2-6H,1H3. The maximum Gasteiger partial charge on any atom is 0.411 e. The highest BCUT2D eigenvalue weighted by molar-refractivity contribution is 7.98. The first-order valence-electron chi connectivity index (χ1n) is 12.2. The minimum absolute atomic E-state index is 0.246. The lowest BCUT2D eigenvalue weighted by Gasteiger charge is -2.19. The highest BCUT2D eigenvalue weighted by atomic mass is 32.2. The van der Waals surface area contributed by atoms with Crippen molar-refractivity contribution in [3.8, 4) is 0 Å². The molecule has 2 N–H and O–H groups in total. The van der Waals surface area contributed by atoms with E-state index in [9.17, 15) is 19.1 Å². The van der Waals surface area contributed by atoms with Crippen LogP contribution in [-0.2, 0) is 5.75 Å². The number of carboxylic acid groups (broad SMARTS) is 1. The van der Waals surface area contributed by atoms with Crippen LogP contribution in [0.3, 0.4) is 0 Å². The molecule has 0 heterocycles. The Morgan fingerprint density at radius 1 is 0.842 bits per heavy atom. The molecule has 7 heteroatoms. The van der Waals surface area contributed by atoms with E-state index in [2.05, 4.69) is 36.5 Å². The summed E-state index contributed by atoms with van der Waals surface area (Å²) in [7, 11) is 0. The van der Waals surface area contributed by atoms with Gasteiger partial charge in [0.25, 0.3) is 5.91 Å². The van der Waals surface area contributed by atoms with Crippen molar-refractivity contribution in [2.75, 3.05) is 18.0 Å². The third-order valence-electron chi connectivity index (χ3n) is 5.52. The van der Waals surface area contributed by atoms with Crippen LogP contribution in [0.1, 0.15) is 27.9 Å². The Labute approximate surface area is 227 Å². The summed E-state index contributed by atoms with van der Waals surface area (Å²) < 4.78 is 12.9. The molecule has 0 aliphatic rings. The molecule has 0 aliphatic heterocycles. The van der Waals surface area contributed by atoms with Crippen LogP contribution in [-0.4, -0.2) is 30.2 Å². The molecule has 4 aromatic carbocycles. The number of carbonyl (C=O) groups is 2. The number of nitrogens with zero attached hydrogens (tertiary/aromatic N) is 1. The number of aryl methyl sites for hydroxylation is 1. The van der Waals surface area contributed by atoms with Crippen LogP contribution < -0.4 is 10.2 Å². The summed E-state index contributed by atoms with van der Waals surface area (Å²) in [6, 6.07) is 33.1. The summed E-state index contributed by atoms with van der Waals surface area (Å²) in [4.78, 5) is 26.0. The topological polar surface area (TPSA) is 69.6 Å². The first-order chi connectivity index (χ1) is 18.4. The Kier molecular flexibility index (Phi) is 11.4. The first kappa shape index (κ1) is 28.5. The van der Waals surface area contributed by atoms with Crippen LogP contribution in [0.4, 0.5) is 14.9 Å². The summed E-state index contributed by atoms with van der Waals surface area (Å²) in [5.41, 5.74) is 3.50. The predicted molar refractivity (Wildman–Crippen MR) is 152 cm³/mol. The van der Waals surface area contributed by atoms with Gasteiger partial charge in [-0.2, -0.15) is 0 Å². The van der Waals surface area contributed by atoms with Crippen molar-refractivity contribution in [3.63, 3.8) is 0 Å². The fourth-order valence-corrected chi connectivity index (χ4v) is 4.33. The van der Waals surface area contributed by atoms with Gasteiger partial charge in [-0.15, -0.1) is 11.8 Å². The number of hydrogen-bond acceptors (Lipinski definition) is 3. The summed E-state index contributed by atoms with van der Waals surface area (Å²) in [5.74, 6) is 0.121. The lowest BCUT2D eigenvalue weighted by Crippen LogP contribution is -2.33. The van der Waals surface area contributed by atoms with E-state index < -0.39 is 11.9 Å². The number of benzene rings is 4. The van der Waals surface area contributed by atoms with Gasteiger partial charge in [-0.05, 0) is 67.4 Å². The number of amides is 2. The van der Waals surface area contributed by atoms with Crippen LogP contribution in [0.25, 0.3) is 0 Å². The normalized spacial score (nSPS) is 10.2. The third-order valence-corrected chi connectivity index (χ3v) is 6.60. The van der Waals surface area contributed by atoms with Gasteiger partial charge in [-0.1, -0.05) is 66.2 Å². The van der Waals surface area contributed by atoms with E-state index in [-0.39, 0.29) is 12.5 Å². The Morgan fingerprint density at radius 3 is 2.00 bits per heavy atom. The van der Waals surface area contributed by atoms with Crippen LogP contribution in [0.15, 0.2) is 114 Å². The lowest BCUT2D eigenvalue weighted by atomic mass is 10.2. The molecule has 0 aromatic heterocycles. The van der Waals surface area contributed by atoms with Gasteiger partial charge in [-0.25, -0.2) is 9.18 Å². The van der Waals surface area contributed by atoms with Gasteiger partial charge >= 0.3 is 6.09 Å². The van der Waals surface area contributed by atoms with Crippen molar-refractivity contribution < 1.29 is 19.1 Å². The quantitative estimate of drug-likeness (QED) is 0.175. The number of nitrogens with one attached hydrogen (secondary N) is 1. The number of hydrogen-bond donors (Lipinski definition) is 2. The largest absolute Gasteiger partial charge is 0.465 e. The van der Waals surface area contributed by atoms with Gasteiger partial charge in [0, 0.05) is 35.0 Å². The second-order valence-electron chi connectivity index (χ2n) is 8.47. The molecule has 4 rings (SSSR count). The molecule has 0 atom stereocenters. The van der Waals surface area contributed by atoms with Crippen molar-refractivity contribution >= 4 is 29.4 Å². The van der Waals surface area contributed by atoms with Crippen molar-refractivity contribution in [1.82, 2.24) is 5.32 Å². The third kappa shape index (κ3) is 9.75. The average molecular weight is 531 g/mol. The molecule has 0 radical (unpaired) electrons. The molecule has 2 amide bonds. The van der Waals surface area contributed by atoms with E-state index in [1.54, 1.807) is 23.9 Å². The molecular weight excluding hydrogens is 499 g/mol. The summed E-state index contributed by atoms with van der Waals surface area (Å²) >= 11 is 1.69. The van der Waals surface area contributed by atoms with Gasteiger partial charge < -0.3 is 10.4 Å². The summed E-state index contributed by atoms with van der Waals surface area (Å²) in [6.45, 7) is 2.64. The Hall–Kier alpha value is -4.10. The summed E-state index contributed by atoms with van der Waals surface area (Å²) in [6.07, 6.45) is -0.599. The number of rotatable bonds is 9. The molecule has 4 aromatic rings. The van der Waals surface area contributed by atoms with Gasteiger partial charge in [0.05, 0.1) is 0 Å². The van der Waals surface area contributed by atoms with Gasteiger partial charge in [0.15, 0.2) is 0 Å². The van der Waals surface area contributed by atoms with Crippen LogP contribution in [0.2, 0.25) is 0 Å². The van der Waals surface area contributed by atoms with Crippen molar-refractivity contribution in [2.45, 2.75) is 24.0 Å². The van der Waals surface area contributed by atoms with Crippen LogP contribution in [0, 0.1) is 12.7 Å². The van der Waals surface area contributed by atoms with E-state index >= 15 is 0 Å². The zero-order valence-electron chi connectivity index (χ0n) is 21.2. The average Bonchev–Trinajstić information content (AvgIpc) is 2.94. The van der Waals surface area contributed by atoms with E-state index in [1.165, 1.54) is 40.3 Å². The zero-order chi connectivity index (χ0) is 27.2. The molecule has 0 saturated carbocycles. The Balaban J connectivity index is 0.000000494. The fraction of sp³-hybridized carbons (Fsp3) is 0.161. The molecule has 0 unspecified atom stereocenters.